The Morgan fingerprint density at radius 1 is 1.15 bits per heavy atom. The summed E-state index contributed by atoms with van der Waals surface area (Å²) in [5.41, 5.74) is 2.90. The normalized spacial score (nSPS) is 14.2. The fraction of sp³-hybridized carbons (Fsp3) is 0.211. The van der Waals surface area contributed by atoms with Gasteiger partial charge in [0.15, 0.2) is 11.6 Å². The quantitative estimate of drug-likeness (QED) is 0.543. The van der Waals surface area contributed by atoms with Crippen molar-refractivity contribution < 1.29 is 15.0 Å². The summed E-state index contributed by atoms with van der Waals surface area (Å²) in [4.78, 5) is 16.1. The summed E-state index contributed by atoms with van der Waals surface area (Å²) in [5, 5.41) is 30.2. The van der Waals surface area contributed by atoms with E-state index in [1.54, 1.807) is 22.9 Å². The fourth-order valence-corrected chi connectivity index (χ4v) is 3.03. The number of aliphatic hydroxyl groups excluding tert-OH is 2. The molecule has 0 bridgehead atoms. The molecule has 138 valence electrons. The van der Waals surface area contributed by atoms with Crippen LogP contribution in [0.25, 0.3) is 11.4 Å². The van der Waals surface area contributed by atoms with Crippen LogP contribution in [-0.2, 0) is 11.3 Å². The molecule has 8 nitrogen and oxygen atoms in total. The van der Waals surface area contributed by atoms with Gasteiger partial charge in [-0.2, -0.15) is 5.10 Å². The maximum atomic E-state index is 11.6. The summed E-state index contributed by atoms with van der Waals surface area (Å²) >= 11 is 0. The summed E-state index contributed by atoms with van der Waals surface area (Å²) in [7, 11) is 0. The van der Waals surface area contributed by atoms with Gasteiger partial charge in [0, 0.05) is 5.56 Å². The second-order valence-electron chi connectivity index (χ2n) is 6.22. The molecule has 1 aromatic heterocycles. The van der Waals surface area contributed by atoms with Crippen LogP contribution in [0.3, 0.4) is 0 Å². The largest absolute Gasteiger partial charge is 0.394 e. The molecule has 8 heteroatoms. The third-order valence-electron chi connectivity index (χ3n) is 4.35. The number of amides is 1. The number of fused-ring (bicyclic) bond motifs is 1. The van der Waals surface area contributed by atoms with Gasteiger partial charge in [0.2, 0.25) is 5.91 Å². The maximum absolute atomic E-state index is 11.6. The zero-order valence-corrected chi connectivity index (χ0v) is 14.5. The first-order chi connectivity index (χ1) is 13.2. The van der Waals surface area contributed by atoms with Crippen LogP contribution in [0, 0.1) is 0 Å². The van der Waals surface area contributed by atoms with Crippen LogP contribution in [0.5, 0.6) is 0 Å². The molecule has 1 aliphatic heterocycles. The van der Waals surface area contributed by atoms with E-state index in [2.05, 4.69) is 20.7 Å². The van der Waals surface area contributed by atoms with Gasteiger partial charge in [-0.1, -0.05) is 30.3 Å². The van der Waals surface area contributed by atoms with E-state index in [-0.39, 0.29) is 31.4 Å². The first kappa shape index (κ1) is 17.2. The molecule has 4 N–H and O–H groups in total. The van der Waals surface area contributed by atoms with Gasteiger partial charge in [0.1, 0.15) is 6.10 Å². The van der Waals surface area contributed by atoms with Gasteiger partial charge < -0.3 is 20.8 Å². The number of aromatic nitrogens is 3. The van der Waals surface area contributed by atoms with E-state index in [4.69, 9.17) is 0 Å². The zero-order chi connectivity index (χ0) is 18.8. The van der Waals surface area contributed by atoms with Crippen LogP contribution < -0.4 is 10.6 Å². The summed E-state index contributed by atoms with van der Waals surface area (Å²) in [6.07, 6.45) is -0.969. The molecule has 0 saturated heterocycles. The van der Waals surface area contributed by atoms with E-state index < -0.39 is 6.10 Å². The molecule has 2 aromatic carbocycles. The van der Waals surface area contributed by atoms with Gasteiger partial charge in [-0.15, -0.1) is 0 Å². The van der Waals surface area contributed by atoms with E-state index >= 15 is 0 Å². The highest BCUT2D eigenvalue weighted by Crippen LogP contribution is 2.31. The maximum Gasteiger partial charge on any atom is 0.243 e. The van der Waals surface area contributed by atoms with Crippen molar-refractivity contribution in [3.63, 3.8) is 0 Å². The van der Waals surface area contributed by atoms with Crippen LogP contribution in [0.4, 0.5) is 11.4 Å². The Hall–Kier alpha value is -3.23. The Morgan fingerprint density at radius 2 is 1.96 bits per heavy atom. The Morgan fingerprint density at radius 3 is 2.74 bits per heavy atom. The zero-order valence-electron chi connectivity index (χ0n) is 14.5. The fourth-order valence-electron chi connectivity index (χ4n) is 3.03. The number of carbonyl (C=O) groups excluding carboxylic acids is 1. The molecule has 0 aliphatic carbocycles. The average molecular weight is 365 g/mol. The number of benzene rings is 2. The molecule has 27 heavy (non-hydrogen) atoms. The van der Waals surface area contributed by atoms with Crippen molar-refractivity contribution in [1.82, 2.24) is 14.8 Å². The molecule has 0 unspecified atom stereocenters. The van der Waals surface area contributed by atoms with Crippen molar-refractivity contribution in [1.29, 1.82) is 0 Å². The highest BCUT2D eigenvalue weighted by atomic mass is 16.3. The predicted molar refractivity (Wildman–Crippen MR) is 100 cm³/mol. The minimum absolute atomic E-state index is 0.111. The number of nitrogens with one attached hydrogen (secondary N) is 2. The highest BCUT2D eigenvalue weighted by molar-refractivity contribution is 6.01. The van der Waals surface area contributed by atoms with Gasteiger partial charge >= 0.3 is 0 Å². The lowest BCUT2D eigenvalue weighted by Gasteiger charge is -2.19. The topological polar surface area (TPSA) is 112 Å². The molecule has 4 rings (SSSR count). The van der Waals surface area contributed by atoms with Crippen molar-refractivity contribution in [3.05, 3.63) is 59.9 Å². The van der Waals surface area contributed by atoms with Crippen LogP contribution in [-0.4, -0.2) is 44.0 Å². The minimum Gasteiger partial charge on any atom is -0.394 e. The van der Waals surface area contributed by atoms with Gasteiger partial charge in [0.25, 0.3) is 0 Å². The van der Waals surface area contributed by atoms with E-state index in [0.29, 0.717) is 17.1 Å². The summed E-state index contributed by atoms with van der Waals surface area (Å²) < 4.78 is 1.56. The second kappa shape index (κ2) is 7.18. The van der Waals surface area contributed by atoms with Crippen molar-refractivity contribution in [3.8, 4) is 11.4 Å². The van der Waals surface area contributed by atoms with Crippen molar-refractivity contribution in [2.45, 2.75) is 12.6 Å². The molecule has 1 atom stereocenters. The molecular formula is C19H19N5O3. The molecule has 2 heterocycles. The van der Waals surface area contributed by atoms with Crippen molar-refractivity contribution in [2.24, 2.45) is 0 Å². The van der Waals surface area contributed by atoms with Crippen LogP contribution in [0.15, 0.2) is 48.5 Å². The van der Waals surface area contributed by atoms with Gasteiger partial charge in [-0.05, 0) is 23.8 Å². The van der Waals surface area contributed by atoms with Gasteiger partial charge in [-0.3, -0.25) is 4.79 Å². The smallest absolute Gasteiger partial charge is 0.243 e. The lowest BCUT2D eigenvalue weighted by Crippen LogP contribution is -2.27. The van der Waals surface area contributed by atoms with Crippen LogP contribution >= 0.6 is 0 Å². The molecule has 0 radical (unpaired) electrons. The lowest BCUT2D eigenvalue weighted by molar-refractivity contribution is -0.114. The monoisotopic (exact) mass is 365 g/mol. The summed E-state index contributed by atoms with van der Waals surface area (Å²) in [5.74, 6) is 0.651. The molecule has 0 spiro atoms. The summed E-state index contributed by atoms with van der Waals surface area (Å²) in [6.45, 7) is 0.368. The number of anilines is 2. The van der Waals surface area contributed by atoms with E-state index in [9.17, 15) is 15.0 Å². The Kier molecular flexibility index (Phi) is 4.57. The highest BCUT2D eigenvalue weighted by Gasteiger charge is 2.21. The number of rotatable bonds is 5. The SMILES string of the molecule is O=C1CNc2ccc(-c3nc([C@@H](O)c4ccccc4)nn3CCO)cc2N1. The van der Waals surface area contributed by atoms with Gasteiger partial charge in [-0.25, -0.2) is 9.67 Å². The molecule has 0 saturated carbocycles. The number of nitrogens with zero attached hydrogens (tertiary/aromatic N) is 3. The van der Waals surface area contributed by atoms with Crippen molar-refractivity contribution in [2.75, 3.05) is 23.8 Å². The molecule has 3 aromatic rings. The first-order valence-electron chi connectivity index (χ1n) is 8.62. The standard InChI is InChI=1S/C19H19N5O3/c25-9-8-24-19(13-6-7-14-15(10-13)21-16(26)11-20-14)22-18(23-24)17(27)12-4-2-1-3-5-12/h1-7,10,17,20,25,27H,8-9,11H2,(H,21,26)/t17-/m0/s1. The molecule has 1 amide bonds. The van der Waals surface area contributed by atoms with E-state index in [1.165, 1.54) is 0 Å². The Labute approximate surface area is 155 Å². The Bertz CT molecular complexity index is 971. The molecular weight excluding hydrogens is 346 g/mol. The molecule has 1 aliphatic rings. The third kappa shape index (κ3) is 3.40. The number of carbonyl (C=O) groups is 1. The average Bonchev–Trinajstić information content (AvgIpc) is 3.11. The number of hydrogen-bond acceptors (Lipinski definition) is 6. The van der Waals surface area contributed by atoms with E-state index in [0.717, 1.165) is 11.3 Å². The first-order valence-corrected chi connectivity index (χ1v) is 8.62. The minimum atomic E-state index is -0.969. The van der Waals surface area contributed by atoms with Gasteiger partial charge in [0.05, 0.1) is 31.1 Å². The van der Waals surface area contributed by atoms with Crippen LogP contribution in [0.2, 0.25) is 0 Å². The second-order valence-corrected chi connectivity index (χ2v) is 6.22. The van der Waals surface area contributed by atoms with Crippen molar-refractivity contribution >= 4 is 17.3 Å². The number of hydrogen-bond donors (Lipinski definition) is 4. The number of aliphatic hydroxyl groups is 2. The third-order valence-corrected chi connectivity index (χ3v) is 4.35. The summed E-state index contributed by atoms with van der Waals surface area (Å²) in [6, 6.07) is 14.7. The lowest BCUT2D eigenvalue weighted by atomic mass is 10.1. The van der Waals surface area contributed by atoms with Crippen LogP contribution in [0.1, 0.15) is 17.5 Å². The Balaban J connectivity index is 1.73. The predicted octanol–water partition coefficient (Wildman–Crippen LogP) is 1.38. The van der Waals surface area contributed by atoms with E-state index in [1.807, 2.05) is 30.3 Å². The molecule has 0 fully saturated rings.